The van der Waals surface area contributed by atoms with Crippen LogP contribution in [0.25, 0.3) is 0 Å². The van der Waals surface area contributed by atoms with Gasteiger partial charge in [-0.1, -0.05) is 26.0 Å². The van der Waals surface area contributed by atoms with Crippen LogP contribution in [0.4, 0.5) is 15.9 Å². The number of anilines is 2. The molecule has 0 aliphatic carbocycles. The summed E-state index contributed by atoms with van der Waals surface area (Å²) in [4.78, 5) is 29.3. The topological polar surface area (TPSA) is 78.4 Å². The fraction of sp³-hybridized carbons (Fsp3) is 0.520. The minimum atomic E-state index is -0.680. The lowest BCUT2D eigenvalue weighted by Gasteiger charge is -2.34. The van der Waals surface area contributed by atoms with Crippen molar-refractivity contribution in [2.24, 2.45) is 11.8 Å². The molecular weight excluding hydrogens is 421 g/mol. The van der Waals surface area contributed by atoms with E-state index in [1.54, 1.807) is 0 Å². The van der Waals surface area contributed by atoms with Gasteiger partial charge in [-0.2, -0.15) is 4.39 Å². The van der Waals surface area contributed by atoms with Gasteiger partial charge in [0.25, 0.3) is 0 Å². The summed E-state index contributed by atoms with van der Waals surface area (Å²) in [6.45, 7) is 6.96. The highest BCUT2D eigenvalue weighted by molar-refractivity contribution is 6.01. The predicted octanol–water partition coefficient (Wildman–Crippen LogP) is 3.64. The Morgan fingerprint density at radius 2 is 1.73 bits per heavy atom. The summed E-state index contributed by atoms with van der Waals surface area (Å²) < 4.78 is 13.3. The van der Waals surface area contributed by atoms with E-state index >= 15 is 0 Å². The van der Waals surface area contributed by atoms with Crippen molar-refractivity contribution >= 4 is 23.3 Å². The lowest BCUT2D eigenvalue weighted by atomic mass is 9.88. The fourth-order valence-electron chi connectivity index (χ4n) is 4.67. The van der Waals surface area contributed by atoms with Gasteiger partial charge in [0.15, 0.2) is 5.82 Å². The van der Waals surface area contributed by atoms with Crippen LogP contribution in [0.15, 0.2) is 36.4 Å². The lowest BCUT2D eigenvalue weighted by molar-refractivity contribution is -0.136. The van der Waals surface area contributed by atoms with E-state index in [0.717, 1.165) is 38.8 Å². The van der Waals surface area contributed by atoms with Gasteiger partial charge in [-0.05, 0) is 61.4 Å². The number of piperidine rings is 1. The van der Waals surface area contributed by atoms with Crippen LogP contribution in [-0.2, 0) is 9.59 Å². The van der Waals surface area contributed by atoms with Crippen LogP contribution in [0, 0.1) is 17.8 Å². The molecule has 1 N–H and O–H groups in total. The SMILES string of the molecule is CCC(CC)C(=O)N1CCC(c2ccc(N(C(=O)C3CNC3)c3ccc(F)nn3)cc2)CC1. The van der Waals surface area contributed by atoms with Crippen molar-refractivity contribution in [2.75, 3.05) is 31.1 Å². The number of nitrogens with one attached hydrogen (secondary N) is 1. The Kier molecular flexibility index (Phi) is 7.33. The van der Waals surface area contributed by atoms with Crippen molar-refractivity contribution in [1.29, 1.82) is 0 Å². The van der Waals surface area contributed by atoms with E-state index in [0.29, 0.717) is 30.5 Å². The molecule has 2 saturated heterocycles. The number of aromatic nitrogens is 2. The first-order valence-electron chi connectivity index (χ1n) is 11.9. The molecular formula is C25H32FN5O2. The van der Waals surface area contributed by atoms with E-state index in [9.17, 15) is 14.0 Å². The zero-order valence-corrected chi connectivity index (χ0v) is 19.3. The average molecular weight is 454 g/mol. The first kappa shape index (κ1) is 23.3. The molecule has 3 heterocycles. The van der Waals surface area contributed by atoms with Crippen molar-refractivity contribution in [2.45, 2.75) is 45.4 Å². The minimum Gasteiger partial charge on any atom is -0.342 e. The largest absolute Gasteiger partial charge is 0.342 e. The van der Waals surface area contributed by atoms with Gasteiger partial charge in [-0.3, -0.25) is 14.5 Å². The Balaban J connectivity index is 1.46. The molecule has 2 amide bonds. The molecule has 8 heteroatoms. The summed E-state index contributed by atoms with van der Waals surface area (Å²) in [5.74, 6) is 0.230. The van der Waals surface area contributed by atoms with Crippen LogP contribution < -0.4 is 10.2 Å². The molecule has 2 aliphatic rings. The number of hydrogen-bond donors (Lipinski definition) is 1. The zero-order valence-electron chi connectivity index (χ0n) is 19.3. The highest BCUT2D eigenvalue weighted by atomic mass is 19.1. The van der Waals surface area contributed by atoms with Gasteiger partial charge < -0.3 is 10.2 Å². The second kappa shape index (κ2) is 10.4. The van der Waals surface area contributed by atoms with Gasteiger partial charge >= 0.3 is 0 Å². The number of nitrogens with zero attached hydrogens (tertiary/aromatic N) is 4. The van der Waals surface area contributed by atoms with E-state index < -0.39 is 5.95 Å². The molecule has 7 nitrogen and oxygen atoms in total. The maximum absolute atomic E-state index is 13.3. The van der Waals surface area contributed by atoms with Gasteiger partial charge in [-0.25, -0.2) is 0 Å². The molecule has 2 fully saturated rings. The summed E-state index contributed by atoms with van der Waals surface area (Å²) in [5, 5.41) is 10.5. The van der Waals surface area contributed by atoms with Crippen molar-refractivity contribution in [3.8, 4) is 0 Å². The van der Waals surface area contributed by atoms with Crippen LogP contribution in [-0.4, -0.2) is 53.1 Å². The van der Waals surface area contributed by atoms with Gasteiger partial charge in [0.05, 0.1) is 11.6 Å². The Bertz CT molecular complexity index is 950. The third-order valence-electron chi connectivity index (χ3n) is 6.96. The third-order valence-corrected chi connectivity index (χ3v) is 6.96. The average Bonchev–Trinajstić information content (AvgIpc) is 2.81. The molecule has 4 rings (SSSR count). The number of halogens is 1. The van der Waals surface area contributed by atoms with Gasteiger partial charge in [-0.15, -0.1) is 10.2 Å². The van der Waals surface area contributed by atoms with E-state index in [1.165, 1.54) is 22.6 Å². The van der Waals surface area contributed by atoms with Crippen LogP contribution in [0.3, 0.4) is 0 Å². The third kappa shape index (κ3) is 5.05. The van der Waals surface area contributed by atoms with Crippen LogP contribution in [0.1, 0.15) is 51.0 Å². The number of carbonyl (C=O) groups is 2. The van der Waals surface area contributed by atoms with Crippen molar-refractivity contribution in [3.63, 3.8) is 0 Å². The Labute approximate surface area is 194 Å². The smallest absolute Gasteiger partial charge is 0.238 e. The Morgan fingerprint density at radius 3 is 2.24 bits per heavy atom. The number of benzene rings is 1. The molecule has 1 aromatic carbocycles. The monoisotopic (exact) mass is 453 g/mol. The molecule has 0 spiro atoms. The molecule has 0 atom stereocenters. The summed E-state index contributed by atoms with van der Waals surface area (Å²) in [5.41, 5.74) is 1.90. The molecule has 176 valence electrons. The van der Waals surface area contributed by atoms with Crippen molar-refractivity contribution in [1.82, 2.24) is 20.4 Å². The molecule has 1 aromatic heterocycles. The number of amides is 2. The summed E-state index contributed by atoms with van der Waals surface area (Å²) in [6.07, 6.45) is 3.65. The first-order valence-corrected chi connectivity index (χ1v) is 11.9. The highest BCUT2D eigenvalue weighted by Gasteiger charge is 2.32. The van der Waals surface area contributed by atoms with E-state index in [2.05, 4.69) is 41.5 Å². The molecule has 0 saturated carbocycles. The van der Waals surface area contributed by atoms with Gasteiger partial charge in [0.2, 0.25) is 17.8 Å². The fourth-order valence-corrected chi connectivity index (χ4v) is 4.67. The molecule has 33 heavy (non-hydrogen) atoms. The Hall–Kier alpha value is -2.87. The van der Waals surface area contributed by atoms with Crippen LogP contribution in [0.2, 0.25) is 0 Å². The summed E-state index contributed by atoms with van der Waals surface area (Å²) >= 11 is 0. The molecule has 0 bridgehead atoms. The highest BCUT2D eigenvalue weighted by Crippen LogP contribution is 2.32. The predicted molar refractivity (Wildman–Crippen MR) is 125 cm³/mol. The van der Waals surface area contributed by atoms with E-state index in [-0.39, 0.29) is 23.7 Å². The second-order valence-electron chi connectivity index (χ2n) is 8.95. The quantitative estimate of drug-likeness (QED) is 0.693. The maximum atomic E-state index is 13.3. The maximum Gasteiger partial charge on any atom is 0.238 e. The molecule has 0 unspecified atom stereocenters. The normalized spacial score (nSPS) is 17.2. The standard InChI is InChI=1S/C25H32FN5O2/c1-3-17(4-2)24(32)30-13-11-19(12-14-30)18-5-7-21(8-6-18)31(25(33)20-15-27-16-20)23-10-9-22(26)28-29-23/h5-10,17,19-20,27H,3-4,11-16H2,1-2H3. The summed E-state index contributed by atoms with van der Waals surface area (Å²) in [6, 6.07) is 10.6. The lowest BCUT2D eigenvalue weighted by Crippen LogP contribution is -2.51. The van der Waals surface area contributed by atoms with Gasteiger partial charge in [0.1, 0.15) is 0 Å². The number of hydrogen-bond acceptors (Lipinski definition) is 5. The molecule has 0 radical (unpaired) electrons. The number of rotatable bonds is 7. The van der Waals surface area contributed by atoms with Crippen molar-refractivity contribution in [3.05, 3.63) is 47.9 Å². The van der Waals surface area contributed by atoms with Gasteiger partial charge in [0, 0.05) is 32.1 Å². The van der Waals surface area contributed by atoms with Crippen molar-refractivity contribution < 1.29 is 14.0 Å². The summed E-state index contributed by atoms with van der Waals surface area (Å²) in [7, 11) is 0. The Morgan fingerprint density at radius 1 is 1.06 bits per heavy atom. The zero-order chi connectivity index (χ0) is 23.4. The van der Waals surface area contributed by atoms with Crippen LogP contribution >= 0.6 is 0 Å². The molecule has 2 aliphatic heterocycles. The first-order chi connectivity index (χ1) is 16.0. The van der Waals surface area contributed by atoms with E-state index in [1.807, 2.05) is 17.0 Å². The number of carbonyl (C=O) groups excluding carboxylic acids is 2. The molecule has 2 aromatic rings. The van der Waals surface area contributed by atoms with E-state index in [4.69, 9.17) is 0 Å². The van der Waals surface area contributed by atoms with Crippen LogP contribution in [0.5, 0.6) is 0 Å². The second-order valence-corrected chi connectivity index (χ2v) is 8.95. The number of likely N-dealkylation sites (tertiary alicyclic amines) is 1. The minimum absolute atomic E-state index is 0.0735.